The molecule has 1 unspecified atom stereocenters. The molecule has 1 aliphatic rings. The molecule has 0 bridgehead atoms. The van der Waals surface area contributed by atoms with Crippen molar-refractivity contribution < 1.29 is 13.3 Å². The third-order valence-electron chi connectivity index (χ3n) is 3.47. The molecule has 1 aliphatic heterocycles. The maximum Gasteiger partial charge on any atom is 0.290 e. The zero-order chi connectivity index (χ0) is 15.6. The van der Waals surface area contributed by atoms with Gasteiger partial charge in [0.05, 0.1) is 9.95 Å². The Morgan fingerprint density at radius 3 is 2.77 bits per heavy atom. The van der Waals surface area contributed by atoms with E-state index in [9.17, 15) is 18.5 Å². The van der Waals surface area contributed by atoms with E-state index in [4.69, 9.17) is 11.6 Å². The van der Waals surface area contributed by atoms with Gasteiger partial charge in [-0.3, -0.25) is 10.1 Å². The summed E-state index contributed by atoms with van der Waals surface area (Å²) < 4.78 is 26.9. The van der Waals surface area contributed by atoms with E-state index in [1.165, 1.54) is 16.4 Å². The predicted molar refractivity (Wildman–Crippen MR) is 86.2 cm³/mol. The summed E-state index contributed by atoms with van der Waals surface area (Å²) in [5.74, 6) is 0. The van der Waals surface area contributed by atoms with Gasteiger partial charge in [-0.15, -0.1) is 12.4 Å². The van der Waals surface area contributed by atoms with Gasteiger partial charge in [0.15, 0.2) is 4.90 Å². The van der Waals surface area contributed by atoms with Crippen molar-refractivity contribution in [3.8, 4) is 0 Å². The summed E-state index contributed by atoms with van der Waals surface area (Å²) in [5, 5.41) is 13.9. The van der Waals surface area contributed by atoms with Crippen LogP contribution in [0.5, 0.6) is 0 Å². The lowest BCUT2D eigenvalue weighted by Crippen LogP contribution is -2.41. The highest BCUT2D eigenvalue weighted by molar-refractivity contribution is 7.89. The average Bonchev–Trinajstić information content (AvgIpc) is 2.87. The van der Waals surface area contributed by atoms with Gasteiger partial charge >= 0.3 is 0 Å². The molecule has 0 saturated carbocycles. The Morgan fingerprint density at radius 1 is 1.50 bits per heavy atom. The third-order valence-corrected chi connectivity index (χ3v) is 5.94. The van der Waals surface area contributed by atoms with Crippen molar-refractivity contribution in [2.75, 3.05) is 20.1 Å². The van der Waals surface area contributed by atoms with Crippen LogP contribution in [-0.4, -0.2) is 43.8 Å². The SMILES string of the molecule is CNCC1CCCN1S(=O)(=O)c1c(Cl)cccc1[N+](=O)[O-].Cl. The summed E-state index contributed by atoms with van der Waals surface area (Å²) in [6, 6.07) is 3.66. The molecule has 1 aromatic carbocycles. The summed E-state index contributed by atoms with van der Waals surface area (Å²) in [4.78, 5) is 9.96. The summed E-state index contributed by atoms with van der Waals surface area (Å²) in [7, 11) is -2.26. The number of benzene rings is 1. The minimum Gasteiger partial charge on any atom is -0.318 e. The fraction of sp³-hybridized carbons (Fsp3) is 0.500. The van der Waals surface area contributed by atoms with E-state index in [0.29, 0.717) is 13.1 Å². The second kappa shape index (κ2) is 7.56. The number of nitrogens with zero attached hydrogens (tertiary/aromatic N) is 2. The van der Waals surface area contributed by atoms with Gasteiger partial charge in [-0.1, -0.05) is 17.7 Å². The van der Waals surface area contributed by atoms with Gasteiger partial charge in [-0.25, -0.2) is 8.42 Å². The highest BCUT2D eigenvalue weighted by Gasteiger charge is 2.39. The maximum absolute atomic E-state index is 12.8. The van der Waals surface area contributed by atoms with Crippen LogP contribution < -0.4 is 5.32 Å². The van der Waals surface area contributed by atoms with Crippen LogP contribution in [0, 0.1) is 10.1 Å². The molecule has 22 heavy (non-hydrogen) atoms. The fourth-order valence-electron chi connectivity index (χ4n) is 2.58. The maximum atomic E-state index is 12.8. The van der Waals surface area contributed by atoms with Gasteiger partial charge in [0.25, 0.3) is 15.7 Å². The molecule has 7 nitrogen and oxygen atoms in total. The molecule has 10 heteroatoms. The van der Waals surface area contributed by atoms with E-state index in [1.807, 2.05) is 0 Å². The monoisotopic (exact) mass is 369 g/mol. The summed E-state index contributed by atoms with van der Waals surface area (Å²) in [5.41, 5.74) is -0.488. The van der Waals surface area contributed by atoms with Crippen molar-refractivity contribution in [3.63, 3.8) is 0 Å². The van der Waals surface area contributed by atoms with Crippen molar-refractivity contribution in [1.29, 1.82) is 0 Å². The van der Waals surface area contributed by atoms with Gasteiger partial charge in [0.1, 0.15) is 0 Å². The normalized spacial score (nSPS) is 18.9. The minimum atomic E-state index is -4.00. The first-order valence-corrected chi connectivity index (χ1v) is 8.30. The zero-order valence-electron chi connectivity index (χ0n) is 11.9. The Morgan fingerprint density at radius 2 is 2.18 bits per heavy atom. The number of rotatable bonds is 5. The number of hydrogen-bond acceptors (Lipinski definition) is 5. The topological polar surface area (TPSA) is 92.6 Å². The molecule has 1 N–H and O–H groups in total. The molecule has 1 saturated heterocycles. The van der Waals surface area contributed by atoms with Crippen molar-refractivity contribution in [2.45, 2.75) is 23.8 Å². The highest BCUT2D eigenvalue weighted by Crippen LogP contribution is 2.35. The second-order valence-electron chi connectivity index (χ2n) is 4.81. The first-order chi connectivity index (χ1) is 9.89. The molecule has 1 fully saturated rings. The lowest BCUT2D eigenvalue weighted by molar-refractivity contribution is -0.387. The van der Waals surface area contributed by atoms with E-state index < -0.39 is 25.5 Å². The molecule has 0 aromatic heterocycles. The van der Waals surface area contributed by atoms with Crippen LogP contribution in [0.25, 0.3) is 0 Å². The largest absolute Gasteiger partial charge is 0.318 e. The number of halogens is 2. The first kappa shape index (κ1) is 19.1. The Kier molecular flexibility index (Phi) is 6.57. The minimum absolute atomic E-state index is 0. The highest BCUT2D eigenvalue weighted by atomic mass is 35.5. The van der Waals surface area contributed by atoms with Crippen LogP contribution in [0.2, 0.25) is 5.02 Å². The lowest BCUT2D eigenvalue weighted by atomic mass is 10.2. The van der Waals surface area contributed by atoms with E-state index in [1.54, 1.807) is 7.05 Å². The molecule has 0 radical (unpaired) electrons. The van der Waals surface area contributed by atoms with E-state index in [2.05, 4.69) is 5.32 Å². The van der Waals surface area contributed by atoms with Gasteiger partial charge < -0.3 is 5.32 Å². The number of nitro benzene ring substituents is 1. The molecule has 124 valence electrons. The van der Waals surface area contributed by atoms with E-state index in [0.717, 1.165) is 18.9 Å². The fourth-order valence-corrected chi connectivity index (χ4v) is 4.94. The summed E-state index contributed by atoms with van der Waals surface area (Å²) in [6.07, 6.45) is 1.45. The smallest absolute Gasteiger partial charge is 0.290 e. The molecular formula is C12H17Cl2N3O4S. The zero-order valence-corrected chi connectivity index (χ0v) is 14.2. The number of nitrogens with one attached hydrogen (secondary N) is 1. The quantitative estimate of drug-likeness (QED) is 0.633. The number of nitro groups is 1. The second-order valence-corrected chi connectivity index (χ2v) is 7.05. The van der Waals surface area contributed by atoms with Crippen LogP contribution in [-0.2, 0) is 10.0 Å². The lowest BCUT2D eigenvalue weighted by Gasteiger charge is -2.24. The standard InChI is InChI=1S/C12H16ClN3O4S.ClH/c1-14-8-9-4-3-7-15(9)21(19,20)12-10(13)5-2-6-11(12)16(17)18;/h2,5-6,9,14H,3-4,7-8H2,1H3;1H. The summed E-state index contributed by atoms with van der Waals surface area (Å²) >= 11 is 5.94. The molecule has 1 atom stereocenters. The third kappa shape index (κ3) is 3.52. The van der Waals surface area contributed by atoms with E-state index >= 15 is 0 Å². The van der Waals surface area contributed by atoms with Crippen LogP contribution in [0.4, 0.5) is 5.69 Å². The van der Waals surface area contributed by atoms with Gasteiger partial charge in [-0.2, -0.15) is 4.31 Å². The number of hydrogen-bond donors (Lipinski definition) is 1. The average molecular weight is 370 g/mol. The van der Waals surface area contributed by atoms with Gasteiger partial charge in [0.2, 0.25) is 0 Å². The van der Waals surface area contributed by atoms with E-state index in [-0.39, 0.29) is 23.5 Å². The number of sulfonamides is 1. The van der Waals surface area contributed by atoms with Crippen molar-refractivity contribution in [3.05, 3.63) is 33.3 Å². The van der Waals surface area contributed by atoms with Crippen LogP contribution in [0.15, 0.2) is 23.1 Å². The van der Waals surface area contributed by atoms with Gasteiger partial charge in [-0.05, 0) is 26.0 Å². The van der Waals surface area contributed by atoms with Crippen molar-refractivity contribution in [1.82, 2.24) is 9.62 Å². The molecule has 1 heterocycles. The molecule has 0 amide bonds. The van der Waals surface area contributed by atoms with Gasteiger partial charge in [0, 0.05) is 25.2 Å². The molecular weight excluding hydrogens is 353 g/mol. The molecule has 0 spiro atoms. The first-order valence-electron chi connectivity index (χ1n) is 6.49. The van der Waals surface area contributed by atoms with Crippen molar-refractivity contribution in [2.24, 2.45) is 0 Å². The van der Waals surface area contributed by atoms with Crippen LogP contribution in [0.1, 0.15) is 12.8 Å². The number of likely N-dealkylation sites (N-methyl/N-ethyl adjacent to an activating group) is 1. The Labute approximate surface area is 140 Å². The van der Waals surface area contributed by atoms with Crippen molar-refractivity contribution >= 4 is 39.7 Å². The molecule has 0 aliphatic carbocycles. The predicted octanol–water partition coefficient (Wildman–Crippen LogP) is 2.04. The Balaban J connectivity index is 0.00000242. The van der Waals surface area contributed by atoms with Crippen LogP contribution >= 0.6 is 24.0 Å². The molecule has 2 rings (SSSR count). The Bertz CT molecular complexity index is 654. The summed E-state index contributed by atoms with van der Waals surface area (Å²) in [6.45, 7) is 0.842. The van der Waals surface area contributed by atoms with Crippen LogP contribution in [0.3, 0.4) is 0 Å². The molecule has 1 aromatic rings. The Hall–Kier alpha value is -0.930.